The van der Waals surface area contributed by atoms with Crippen LogP contribution in [-0.2, 0) is 22.6 Å². The first-order chi connectivity index (χ1) is 19.5. The zero-order valence-electron chi connectivity index (χ0n) is 22.5. The minimum atomic E-state index is -0.183. The SMILES string of the molecule is Cc1ccc(CN(Cc2ccc3c(c2)OCO3)C(=O)CN(C[C@H]2CCCO2)C(=O)c2cccc3ccccc23)o1. The summed E-state index contributed by atoms with van der Waals surface area (Å²) in [4.78, 5) is 31.3. The Balaban J connectivity index is 1.28. The Kier molecular flexibility index (Phi) is 7.42. The van der Waals surface area contributed by atoms with E-state index in [-0.39, 0.29) is 37.8 Å². The van der Waals surface area contributed by atoms with Crippen LogP contribution in [0, 0.1) is 6.92 Å². The summed E-state index contributed by atoms with van der Waals surface area (Å²) < 4.78 is 22.7. The number of carbonyl (C=O) groups excluding carboxylic acids is 2. The molecule has 40 heavy (non-hydrogen) atoms. The molecule has 206 valence electrons. The molecule has 2 aliphatic heterocycles. The molecular weight excluding hydrogens is 508 g/mol. The molecule has 1 saturated heterocycles. The summed E-state index contributed by atoms with van der Waals surface area (Å²) in [5.41, 5.74) is 1.47. The van der Waals surface area contributed by atoms with E-state index in [0.717, 1.165) is 34.9 Å². The van der Waals surface area contributed by atoms with Crippen molar-refractivity contribution in [3.63, 3.8) is 0 Å². The molecule has 1 fully saturated rings. The number of nitrogens with zero attached hydrogens (tertiary/aromatic N) is 2. The average Bonchev–Trinajstić information content (AvgIpc) is 3.74. The number of rotatable bonds is 9. The van der Waals surface area contributed by atoms with Crippen LogP contribution >= 0.6 is 0 Å². The largest absolute Gasteiger partial charge is 0.464 e. The number of hydrogen-bond acceptors (Lipinski definition) is 6. The number of ether oxygens (including phenoxy) is 3. The zero-order valence-corrected chi connectivity index (χ0v) is 22.5. The maximum atomic E-state index is 14.0. The van der Waals surface area contributed by atoms with Crippen molar-refractivity contribution < 1.29 is 28.2 Å². The highest BCUT2D eigenvalue weighted by molar-refractivity contribution is 6.07. The van der Waals surface area contributed by atoms with E-state index < -0.39 is 0 Å². The van der Waals surface area contributed by atoms with Gasteiger partial charge in [0.25, 0.3) is 5.91 Å². The topological polar surface area (TPSA) is 81.5 Å². The molecule has 0 radical (unpaired) electrons. The number of aryl methyl sites for hydroxylation is 1. The maximum Gasteiger partial charge on any atom is 0.255 e. The third kappa shape index (κ3) is 5.67. The Bertz CT molecular complexity index is 1520. The quantitative estimate of drug-likeness (QED) is 0.286. The van der Waals surface area contributed by atoms with E-state index in [1.165, 1.54) is 0 Å². The van der Waals surface area contributed by atoms with Crippen molar-refractivity contribution in [3.8, 4) is 11.5 Å². The fourth-order valence-corrected chi connectivity index (χ4v) is 5.35. The standard InChI is InChI=1S/C32H32N2O6/c1-22-11-13-26(40-22)19-33(17-23-12-14-29-30(16-23)39-21-38-29)31(35)20-34(18-25-8-5-15-37-25)32(36)28-10-4-7-24-6-2-3-9-27(24)28/h2-4,6-7,9-14,16,25H,5,8,15,17-21H2,1H3/t25-/m1/s1. The highest BCUT2D eigenvalue weighted by Gasteiger charge is 2.28. The van der Waals surface area contributed by atoms with E-state index in [4.69, 9.17) is 18.6 Å². The van der Waals surface area contributed by atoms with Crippen molar-refractivity contribution in [1.82, 2.24) is 9.80 Å². The van der Waals surface area contributed by atoms with Gasteiger partial charge in [0.05, 0.1) is 12.6 Å². The van der Waals surface area contributed by atoms with Gasteiger partial charge in [-0.25, -0.2) is 0 Å². The van der Waals surface area contributed by atoms with Crippen LogP contribution < -0.4 is 9.47 Å². The summed E-state index contributed by atoms with van der Waals surface area (Å²) in [6, 6.07) is 22.9. The number of hydrogen-bond donors (Lipinski definition) is 0. The van der Waals surface area contributed by atoms with Crippen LogP contribution in [0.4, 0.5) is 0 Å². The van der Waals surface area contributed by atoms with Crippen molar-refractivity contribution in [2.24, 2.45) is 0 Å². The molecule has 4 aromatic rings. The third-order valence-electron chi connectivity index (χ3n) is 7.39. The number of amides is 2. The fraction of sp³-hybridized carbons (Fsp3) is 0.312. The summed E-state index contributed by atoms with van der Waals surface area (Å²) in [5.74, 6) is 2.43. The minimum Gasteiger partial charge on any atom is -0.464 e. The van der Waals surface area contributed by atoms with Gasteiger partial charge in [-0.1, -0.05) is 42.5 Å². The van der Waals surface area contributed by atoms with Crippen LogP contribution in [0.5, 0.6) is 11.5 Å². The van der Waals surface area contributed by atoms with Crippen molar-refractivity contribution in [3.05, 3.63) is 95.4 Å². The summed E-state index contributed by atoms with van der Waals surface area (Å²) in [6.45, 7) is 3.60. The smallest absolute Gasteiger partial charge is 0.255 e. The monoisotopic (exact) mass is 540 g/mol. The maximum absolute atomic E-state index is 14.0. The van der Waals surface area contributed by atoms with Gasteiger partial charge in [0, 0.05) is 25.3 Å². The van der Waals surface area contributed by atoms with E-state index in [1.54, 1.807) is 9.80 Å². The van der Waals surface area contributed by atoms with Crippen molar-refractivity contribution in [1.29, 1.82) is 0 Å². The average molecular weight is 541 g/mol. The molecule has 2 amide bonds. The van der Waals surface area contributed by atoms with Crippen LogP contribution in [0.2, 0.25) is 0 Å². The molecule has 1 atom stereocenters. The number of furan rings is 1. The lowest BCUT2D eigenvalue weighted by molar-refractivity contribution is -0.133. The molecule has 3 heterocycles. The molecule has 0 aliphatic carbocycles. The summed E-state index contributed by atoms with van der Waals surface area (Å²) in [7, 11) is 0. The molecule has 0 unspecified atom stereocenters. The van der Waals surface area contributed by atoms with Crippen molar-refractivity contribution in [2.75, 3.05) is 26.5 Å². The summed E-state index contributed by atoms with van der Waals surface area (Å²) in [6.07, 6.45) is 1.71. The molecular formula is C32H32N2O6. The Morgan fingerprint density at radius 1 is 0.900 bits per heavy atom. The first kappa shape index (κ1) is 26.0. The molecule has 1 aromatic heterocycles. The summed E-state index contributed by atoms with van der Waals surface area (Å²) in [5, 5.41) is 1.84. The number of carbonyl (C=O) groups is 2. The Morgan fingerprint density at radius 2 is 1.75 bits per heavy atom. The lowest BCUT2D eigenvalue weighted by Crippen LogP contribution is -2.45. The normalized spacial score (nSPS) is 15.9. The fourth-order valence-electron chi connectivity index (χ4n) is 5.35. The van der Waals surface area contributed by atoms with Crippen LogP contribution in [-0.4, -0.2) is 54.2 Å². The summed E-state index contributed by atoms with van der Waals surface area (Å²) >= 11 is 0. The highest BCUT2D eigenvalue weighted by Crippen LogP contribution is 2.33. The Hall–Kier alpha value is -4.30. The van der Waals surface area contributed by atoms with Crippen LogP contribution in [0.25, 0.3) is 10.8 Å². The molecule has 3 aromatic carbocycles. The Labute approximate surface area is 233 Å². The second kappa shape index (κ2) is 11.4. The third-order valence-corrected chi connectivity index (χ3v) is 7.39. The van der Waals surface area contributed by atoms with Crippen LogP contribution in [0.1, 0.15) is 40.3 Å². The molecule has 0 saturated carbocycles. The first-order valence-corrected chi connectivity index (χ1v) is 13.6. The molecule has 6 rings (SSSR count). The molecule has 8 nitrogen and oxygen atoms in total. The molecule has 0 spiro atoms. The van der Waals surface area contributed by atoms with Gasteiger partial charge in [-0.15, -0.1) is 0 Å². The predicted octanol–water partition coefficient (Wildman–Crippen LogP) is 5.32. The van der Waals surface area contributed by atoms with Crippen LogP contribution in [0.3, 0.4) is 0 Å². The molecule has 0 N–H and O–H groups in total. The van der Waals surface area contributed by atoms with Crippen molar-refractivity contribution in [2.45, 2.75) is 39.0 Å². The van der Waals surface area contributed by atoms with Gasteiger partial charge in [0.1, 0.15) is 18.1 Å². The van der Waals surface area contributed by atoms with E-state index >= 15 is 0 Å². The van der Waals surface area contributed by atoms with Gasteiger partial charge in [0.15, 0.2) is 11.5 Å². The first-order valence-electron chi connectivity index (χ1n) is 13.6. The van der Waals surface area contributed by atoms with E-state index in [9.17, 15) is 9.59 Å². The lowest BCUT2D eigenvalue weighted by Gasteiger charge is -2.29. The van der Waals surface area contributed by atoms with Gasteiger partial charge in [-0.05, 0) is 66.4 Å². The Morgan fingerprint density at radius 3 is 2.58 bits per heavy atom. The van der Waals surface area contributed by atoms with Gasteiger partial charge < -0.3 is 28.4 Å². The van der Waals surface area contributed by atoms with E-state index in [0.29, 0.717) is 42.5 Å². The van der Waals surface area contributed by atoms with Gasteiger partial charge >= 0.3 is 0 Å². The lowest BCUT2D eigenvalue weighted by atomic mass is 10.0. The molecule has 0 bridgehead atoms. The second-order valence-electron chi connectivity index (χ2n) is 10.3. The van der Waals surface area contributed by atoms with Gasteiger partial charge in [0.2, 0.25) is 12.7 Å². The predicted molar refractivity (Wildman–Crippen MR) is 149 cm³/mol. The number of benzene rings is 3. The highest BCUT2D eigenvalue weighted by atomic mass is 16.7. The number of fused-ring (bicyclic) bond motifs is 2. The van der Waals surface area contributed by atoms with Crippen molar-refractivity contribution >= 4 is 22.6 Å². The van der Waals surface area contributed by atoms with E-state index in [1.807, 2.05) is 79.7 Å². The van der Waals surface area contributed by atoms with Crippen LogP contribution in [0.15, 0.2) is 77.2 Å². The van der Waals surface area contributed by atoms with Gasteiger partial charge in [-0.3, -0.25) is 9.59 Å². The molecule has 2 aliphatic rings. The zero-order chi connectivity index (χ0) is 27.5. The minimum absolute atomic E-state index is 0.0772. The molecule has 8 heteroatoms. The second-order valence-corrected chi connectivity index (χ2v) is 10.3. The van der Waals surface area contributed by atoms with Gasteiger partial charge in [-0.2, -0.15) is 0 Å². The van der Waals surface area contributed by atoms with E-state index in [2.05, 4.69) is 0 Å².